The SMILES string of the molecule is CCOc1cccnc1N1CCCCC1CNC(C)(C)C. The van der Waals surface area contributed by atoms with Crippen LogP contribution in [0.1, 0.15) is 47.0 Å². The van der Waals surface area contributed by atoms with E-state index in [1.807, 2.05) is 25.3 Å². The minimum atomic E-state index is 0.149. The molecule has 21 heavy (non-hydrogen) atoms. The van der Waals surface area contributed by atoms with Gasteiger partial charge in [-0.1, -0.05) is 0 Å². The average molecular weight is 291 g/mol. The number of anilines is 1. The Morgan fingerprint density at radius 3 is 2.90 bits per heavy atom. The van der Waals surface area contributed by atoms with Gasteiger partial charge >= 0.3 is 0 Å². The smallest absolute Gasteiger partial charge is 0.171 e. The molecule has 0 radical (unpaired) electrons. The van der Waals surface area contributed by atoms with Gasteiger partial charge in [0, 0.05) is 30.9 Å². The highest BCUT2D eigenvalue weighted by atomic mass is 16.5. The summed E-state index contributed by atoms with van der Waals surface area (Å²) in [4.78, 5) is 7.01. The van der Waals surface area contributed by atoms with Crippen LogP contribution in [0.25, 0.3) is 0 Å². The molecule has 4 heteroatoms. The van der Waals surface area contributed by atoms with Crippen molar-refractivity contribution < 1.29 is 4.74 Å². The molecule has 0 bridgehead atoms. The minimum absolute atomic E-state index is 0.149. The maximum atomic E-state index is 5.76. The second-order valence-electron chi connectivity index (χ2n) is 6.73. The van der Waals surface area contributed by atoms with E-state index in [9.17, 15) is 0 Å². The molecule has 1 saturated heterocycles. The van der Waals surface area contributed by atoms with Crippen LogP contribution in [0.5, 0.6) is 5.75 Å². The zero-order chi connectivity index (χ0) is 15.3. The van der Waals surface area contributed by atoms with Gasteiger partial charge in [0.05, 0.1) is 6.61 Å². The standard InChI is InChI=1S/C17H29N3O/c1-5-21-15-10-8-11-18-16(15)20-12-7-6-9-14(20)13-19-17(2,3)4/h8,10-11,14,19H,5-7,9,12-13H2,1-4H3. The van der Waals surface area contributed by atoms with Crippen LogP contribution in [0.3, 0.4) is 0 Å². The van der Waals surface area contributed by atoms with Crippen molar-refractivity contribution in [1.82, 2.24) is 10.3 Å². The van der Waals surface area contributed by atoms with Gasteiger partial charge < -0.3 is 15.0 Å². The monoisotopic (exact) mass is 291 g/mol. The summed E-state index contributed by atoms with van der Waals surface area (Å²) in [6, 6.07) is 4.46. The van der Waals surface area contributed by atoms with Gasteiger partial charge in [0.2, 0.25) is 0 Å². The molecule has 1 aliphatic rings. The van der Waals surface area contributed by atoms with Crippen molar-refractivity contribution in [1.29, 1.82) is 0 Å². The van der Waals surface area contributed by atoms with Crippen LogP contribution in [-0.4, -0.2) is 36.3 Å². The molecular weight excluding hydrogens is 262 g/mol. The second kappa shape index (κ2) is 7.12. The van der Waals surface area contributed by atoms with E-state index in [2.05, 4.69) is 36.0 Å². The predicted molar refractivity (Wildman–Crippen MR) is 88.1 cm³/mol. The number of rotatable bonds is 5. The van der Waals surface area contributed by atoms with E-state index in [0.29, 0.717) is 12.6 Å². The molecule has 1 fully saturated rings. The summed E-state index contributed by atoms with van der Waals surface area (Å²) < 4.78 is 5.76. The fourth-order valence-electron chi connectivity index (χ4n) is 2.78. The number of pyridine rings is 1. The Hall–Kier alpha value is -1.29. The van der Waals surface area contributed by atoms with E-state index in [4.69, 9.17) is 4.74 Å². The van der Waals surface area contributed by atoms with Crippen LogP contribution in [0, 0.1) is 0 Å². The molecular formula is C17H29N3O. The molecule has 2 heterocycles. The number of nitrogens with zero attached hydrogens (tertiary/aromatic N) is 2. The number of nitrogens with one attached hydrogen (secondary N) is 1. The Morgan fingerprint density at radius 1 is 1.38 bits per heavy atom. The first kappa shape index (κ1) is 16.1. The number of hydrogen-bond acceptors (Lipinski definition) is 4. The van der Waals surface area contributed by atoms with Crippen molar-refractivity contribution >= 4 is 5.82 Å². The number of ether oxygens (including phenoxy) is 1. The normalized spacial score (nSPS) is 19.6. The maximum absolute atomic E-state index is 5.76. The molecule has 0 aromatic carbocycles. The molecule has 1 aromatic heterocycles. The van der Waals surface area contributed by atoms with E-state index in [0.717, 1.165) is 24.7 Å². The fraction of sp³-hybridized carbons (Fsp3) is 0.706. The second-order valence-corrected chi connectivity index (χ2v) is 6.73. The van der Waals surface area contributed by atoms with Gasteiger partial charge in [0.15, 0.2) is 11.6 Å². The third kappa shape index (κ3) is 4.60. The highest BCUT2D eigenvalue weighted by molar-refractivity contribution is 5.53. The molecule has 1 N–H and O–H groups in total. The highest BCUT2D eigenvalue weighted by Gasteiger charge is 2.26. The summed E-state index contributed by atoms with van der Waals surface area (Å²) in [5.41, 5.74) is 0.149. The van der Waals surface area contributed by atoms with Gasteiger partial charge in [-0.25, -0.2) is 4.98 Å². The van der Waals surface area contributed by atoms with Crippen LogP contribution in [0.4, 0.5) is 5.82 Å². The molecule has 4 nitrogen and oxygen atoms in total. The summed E-state index contributed by atoms with van der Waals surface area (Å²) >= 11 is 0. The van der Waals surface area contributed by atoms with E-state index < -0.39 is 0 Å². The van der Waals surface area contributed by atoms with E-state index in [1.165, 1.54) is 19.3 Å². The molecule has 0 spiro atoms. The van der Waals surface area contributed by atoms with Crippen molar-refractivity contribution in [2.24, 2.45) is 0 Å². The Balaban J connectivity index is 2.14. The van der Waals surface area contributed by atoms with Crippen molar-refractivity contribution in [2.75, 3.05) is 24.6 Å². The Bertz CT molecular complexity index is 442. The quantitative estimate of drug-likeness (QED) is 0.904. The first-order valence-corrected chi connectivity index (χ1v) is 8.11. The zero-order valence-corrected chi connectivity index (χ0v) is 13.9. The Kier molecular flexibility index (Phi) is 5.45. The molecule has 0 amide bonds. The lowest BCUT2D eigenvalue weighted by Crippen LogP contribution is -2.50. The fourth-order valence-corrected chi connectivity index (χ4v) is 2.78. The summed E-state index contributed by atoms with van der Waals surface area (Å²) in [5.74, 6) is 1.91. The van der Waals surface area contributed by atoms with Gasteiger partial charge in [-0.3, -0.25) is 0 Å². The number of hydrogen-bond donors (Lipinski definition) is 1. The van der Waals surface area contributed by atoms with Crippen LogP contribution < -0.4 is 15.0 Å². The third-order valence-corrected chi connectivity index (χ3v) is 3.82. The van der Waals surface area contributed by atoms with Crippen LogP contribution >= 0.6 is 0 Å². The molecule has 1 aliphatic heterocycles. The van der Waals surface area contributed by atoms with Gasteiger partial charge in [0.1, 0.15) is 0 Å². The molecule has 1 atom stereocenters. The lowest BCUT2D eigenvalue weighted by molar-refractivity contribution is 0.331. The molecule has 0 aliphatic carbocycles. The minimum Gasteiger partial charge on any atom is -0.490 e. The van der Waals surface area contributed by atoms with E-state index in [1.54, 1.807) is 0 Å². The third-order valence-electron chi connectivity index (χ3n) is 3.82. The summed E-state index contributed by atoms with van der Waals surface area (Å²) in [6.45, 7) is 11.4. The Morgan fingerprint density at radius 2 is 2.19 bits per heavy atom. The topological polar surface area (TPSA) is 37.4 Å². The molecule has 118 valence electrons. The first-order valence-electron chi connectivity index (χ1n) is 8.11. The van der Waals surface area contributed by atoms with E-state index in [-0.39, 0.29) is 5.54 Å². The van der Waals surface area contributed by atoms with Crippen molar-refractivity contribution in [3.8, 4) is 5.75 Å². The van der Waals surface area contributed by atoms with E-state index >= 15 is 0 Å². The van der Waals surface area contributed by atoms with Crippen LogP contribution in [-0.2, 0) is 0 Å². The van der Waals surface area contributed by atoms with Gasteiger partial charge in [-0.05, 0) is 59.1 Å². The van der Waals surface area contributed by atoms with Gasteiger partial charge in [0.25, 0.3) is 0 Å². The number of piperidine rings is 1. The summed E-state index contributed by atoms with van der Waals surface area (Å²) in [5, 5.41) is 3.63. The molecule has 1 aromatic rings. The molecule has 0 saturated carbocycles. The highest BCUT2D eigenvalue weighted by Crippen LogP contribution is 2.30. The van der Waals surface area contributed by atoms with Crippen molar-refractivity contribution in [3.63, 3.8) is 0 Å². The van der Waals surface area contributed by atoms with Crippen molar-refractivity contribution in [3.05, 3.63) is 18.3 Å². The number of aromatic nitrogens is 1. The Labute approximate surface area is 128 Å². The van der Waals surface area contributed by atoms with Crippen LogP contribution in [0.2, 0.25) is 0 Å². The molecule has 1 unspecified atom stereocenters. The lowest BCUT2D eigenvalue weighted by Gasteiger charge is -2.38. The largest absolute Gasteiger partial charge is 0.490 e. The van der Waals surface area contributed by atoms with Crippen molar-refractivity contribution in [2.45, 2.75) is 58.5 Å². The first-order chi connectivity index (χ1) is 10.0. The maximum Gasteiger partial charge on any atom is 0.171 e. The van der Waals surface area contributed by atoms with Gasteiger partial charge in [-0.2, -0.15) is 0 Å². The molecule has 2 rings (SSSR count). The predicted octanol–water partition coefficient (Wildman–Crippen LogP) is 3.23. The lowest BCUT2D eigenvalue weighted by atomic mass is 10.0. The van der Waals surface area contributed by atoms with Gasteiger partial charge in [-0.15, -0.1) is 0 Å². The van der Waals surface area contributed by atoms with Crippen LogP contribution in [0.15, 0.2) is 18.3 Å². The zero-order valence-electron chi connectivity index (χ0n) is 13.9. The summed E-state index contributed by atoms with van der Waals surface area (Å²) in [7, 11) is 0. The average Bonchev–Trinajstić information content (AvgIpc) is 2.46. The summed E-state index contributed by atoms with van der Waals surface area (Å²) in [6.07, 6.45) is 5.60.